The zero-order chi connectivity index (χ0) is 14.8. The van der Waals surface area contributed by atoms with E-state index in [1.165, 1.54) is 11.8 Å². The van der Waals surface area contributed by atoms with Crippen LogP contribution < -0.4 is 5.73 Å². The first-order valence-electron chi connectivity index (χ1n) is 6.83. The van der Waals surface area contributed by atoms with Gasteiger partial charge in [-0.1, -0.05) is 11.8 Å². The maximum absolute atomic E-state index is 12.3. The lowest BCUT2D eigenvalue weighted by atomic mass is 10.3. The van der Waals surface area contributed by atoms with Gasteiger partial charge < -0.3 is 19.8 Å². The summed E-state index contributed by atoms with van der Waals surface area (Å²) in [5.41, 5.74) is 7.75. The number of amides is 1. The lowest BCUT2D eigenvalue weighted by Crippen LogP contribution is -2.44. The third kappa shape index (κ3) is 3.14. The number of oxazole rings is 1. The van der Waals surface area contributed by atoms with Gasteiger partial charge in [0.2, 0.25) is 5.91 Å². The Morgan fingerprint density at radius 1 is 1.43 bits per heavy atom. The van der Waals surface area contributed by atoms with Crippen LogP contribution >= 0.6 is 11.8 Å². The Labute approximate surface area is 126 Å². The number of ether oxygens (including phenoxy) is 1. The van der Waals surface area contributed by atoms with E-state index in [1.807, 2.05) is 11.8 Å². The van der Waals surface area contributed by atoms with E-state index in [1.54, 1.807) is 18.2 Å². The number of anilines is 1. The highest BCUT2D eigenvalue weighted by atomic mass is 32.2. The molecule has 112 valence electrons. The van der Waals surface area contributed by atoms with Gasteiger partial charge in [-0.3, -0.25) is 4.79 Å². The molecule has 1 aliphatic heterocycles. The summed E-state index contributed by atoms with van der Waals surface area (Å²) in [6.45, 7) is 4.37. The van der Waals surface area contributed by atoms with Gasteiger partial charge in [0.25, 0.3) is 5.22 Å². The molecule has 1 saturated heterocycles. The number of hydrogen-bond donors (Lipinski definition) is 1. The van der Waals surface area contributed by atoms with E-state index in [2.05, 4.69) is 4.98 Å². The van der Waals surface area contributed by atoms with Crippen molar-refractivity contribution in [3.8, 4) is 0 Å². The van der Waals surface area contributed by atoms with Gasteiger partial charge in [-0.05, 0) is 25.1 Å². The van der Waals surface area contributed by atoms with E-state index in [0.29, 0.717) is 48.3 Å². The molecular weight excluding hydrogens is 290 g/mol. The molecule has 2 aromatic rings. The molecule has 1 aromatic heterocycles. The highest BCUT2D eigenvalue weighted by molar-refractivity contribution is 8.00. The zero-order valence-corrected chi connectivity index (χ0v) is 12.6. The number of hydrogen-bond acceptors (Lipinski definition) is 6. The number of morpholine rings is 1. The van der Waals surface area contributed by atoms with Crippen LogP contribution in [0, 0.1) is 0 Å². The molecule has 1 fully saturated rings. The molecule has 21 heavy (non-hydrogen) atoms. The van der Waals surface area contributed by atoms with Crippen LogP contribution in [0.1, 0.15) is 6.92 Å². The Kier molecular flexibility index (Phi) is 4.03. The third-order valence-electron chi connectivity index (χ3n) is 3.34. The van der Waals surface area contributed by atoms with E-state index in [9.17, 15) is 4.79 Å². The maximum Gasteiger partial charge on any atom is 0.257 e. The summed E-state index contributed by atoms with van der Waals surface area (Å²) < 4.78 is 10.9. The van der Waals surface area contributed by atoms with Crippen LogP contribution in [0.3, 0.4) is 0 Å². The SMILES string of the molecule is CC(Sc1nc2cc(N)ccc2o1)C(=O)N1CCOCC1. The molecule has 1 amide bonds. The highest BCUT2D eigenvalue weighted by Gasteiger charge is 2.24. The minimum Gasteiger partial charge on any atom is -0.431 e. The lowest BCUT2D eigenvalue weighted by Gasteiger charge is -2.28. The third-order valence-corrected chi connectivity index (χ3v) is 4.27. The van der Waals surface area contributed by atoms with Crippen LogP contribution in [0.15, 0.2) is 27.8 Å². The minimum atomic E-state index is -0.242. The van der Waals surface area contributed by atoms with Crippen LogP contribution in [0.4, 0.5) is 5.69 Å². The number of rotatable bonds is 3. The van der Waals surface area contributed by atoms with Gasteiger partial charge in [0.05, 0.1) is 18.5 Å². The first kappa shape index (κ1) is 14.2. The Hall–Kier alpha value is -1.73. The van der Waals surface area contributed by atoms with Crippen molar-refractivity contribution in [3.05, 3.63) is 18.2 Å². The molecule has 3 rings (SSSR count). The average Bonchev–Trinajstić information content (AvgIpc) is 2.88. The maximum atomic E-state index is 12.3. The quantitative estimate of drug-likeness (QED) is 0.687. The Morgan fingerprint density at radius 2 is 2.19 bits per heavy atom. The van der Waals surface area contributed by atoms with Crippen LogP contribution in [0.2, 0.25) is 0 Å². The van der Waals surface area contributed by atoms with Crippen molar-refractivity contribution in [2.45, 2.75) is 17.4 Å². The Bertz CT molecular complexity index is 652. The topological polar surface area (TPSA) is 81.6 Å². The first-order chi connectivity index (χ1) is 10.1. The molecule has 0 aliphatic carbocycles. The predicted molar refractivity (Wildman–Crippen MR) is 81.1 cm³/mol. The van der Waals surface area contributed by atoms with E-state index >= 15 is 0 Å². The molecule has 0 bridgehead atoms. The molecule has 1 unspecified atom stereocenters. The summed E-state index contributed by atoms with van der Waals surface area (Å²) in [5.74, 6) is 0.0880. The van der Waals surface area contributed by atoms with Gasteiger partial charge >= 0.3 is 0 Å². The van der Waals surface area contributed by atoms with Crippen LogP contribution in [-0.2, 0) is 9.53 Å². The van der Waals surface area contributed by atoms with Crippen LogP contribution in [0.25, 0.3) is 11.1 Å². The molecule has 0 spiro atoms. The Balaban J connectivity index is 1.70. The number of aromatic nitrogens is 1. The molecule has 6 nitrogen and oxygen atoms in total. The number of fused-ring (bicyclic) bond motifs is 1. The van der Waals surface area contributed by atoms with Crippen molar-refractivity contribution < 1.29 is 13.9 Å². The van der Waals surface area contributed by atoms with E-state index in [-0.39, 0.29) is 11.2 Å². The van der Waals surface area contributed by atoms with Crippen molar-refractivity contribution in [3.63, 3.8) is 0 Å². The van der Waals surface area contributed by atoms with Crippen molar-refractivity contribution in [2.24, 2.45) is 0 Å². The Morgan fingerprint density at radius 3 is 2.95 bits per heavy atom. The molecule has 2 heterocycles. The molecule has 7 heteroatoms. The van der Waals surface area contributed by atoms with Gasteiger partial charge in [-0.2, -0.15) is 0 Å². The molecule has 1 atom stereocenters. The van der Waals surface area contributed by atoms with Crippen molar-refractivity contribution in [1.82, 2.24) is 9.88 Å². The van der Waals surface area contributed by atoms with Crippen LogP contribution in [-0.4, -0.2) is 47.3 Å². The predicted octanol–water partition coefficient (Wildman–Crippen LogP) is 1.75. The smallest absolute Gasteiger partial charge is 0.257 e. The minimum absolute atomic E-state index is 0.0880. The van der Waals surface area contributed by atoms with Gasteiger partial charge in [0.15, 0.2) is 5.58 Å². The second-order valence-electron chi connectivity index (χ2n) is 4.90. The highest BCUT2D eigenvalue weighted by Crippen LogP contribution is 2.28. The van der Waals surface area contributed by atoms with Crippen LogP contribution in [0.5, 0.6) is 0 Å². The van der Waals surface area contributed by atoms with Crippen molar-refractivity contribution in [1.29, 1.82) is 0 Å². The molecule has 0 radical (unpaired) electrons. The van der Waals surface area contributed by atoms with Gasteiger partial charge in [0.1, 0.15) is 5.52 Å². The second kappa shape index (κ2) is 5.95. The first-order valence-corrected chi connectivity index (χ1v) is 7.71. The van der Waals surface area contributed by atoms with Gasteiger partial charge in [-0.15, -0.1) is 0 Å². The number of nitrogens with zero attached hydrogens (tertiary/aromatic N) is 2. The van der Waals surface area contributed by atoms with E-state index < -0.39 is 0 Å². The fourth-order valence-corrected chi connectivity index (χ4v) is 3.06. The number of benzene rings is 1. The number of thioether (sulfide) groups is 1. The van der Waals surface area contributed by atoms with Crippen molar-refractivity contribution >= 4 is 34.5 Å². The summed E-state index contributed by atoms with van der Waals surface area (Å²) in [6.07, 6.45) is 0. The number of carbonyl (C=O) groups excluding carboxylic acids is 1. The summed E-state index contributed by atoms with van der Waals surface area (Å²) in [4.78, 5) is 18.5. The largest absolute Gasteiger partial charge is 0.431 e. The fourth-order valence-electron chi connectivity index (χ4n) is 2.22. The zero-order valence-electron chi connectivity index (χ0n) is 11.7. The standard InChI is InChI=1S/C14H17N3O3S/c1-9(13(18)17-4-6-19-7-5-17)21-14-16-11-8-10(15)2-3-12(11)20-14/h2-3,8-9H,4-7,15H2,1H3. The van der Waals surface area contributed by atoms with E-state index in [4.69, 9.17) is 14.9 Å². The number of nitrogens with two attached hydrogens (primary N) is 1. The lowest BCUT2D eigenvalue weighted by molar-refractivity contribution is -0.134. The second-order valence-corrected chi connectivity index (χ2v) is 6.20. The molecule has 0 saturated carbocycles. The van der Waals surface area contributed by atoms with Gasteiger partial charge in [0, 0.05) is 18.8 Å². The molecule has 1 aromatic carbocycles. The number of carbonyl (C=O) groups is 1. The summed E-state index contributed by atoms with van der Waals surface area (Å²) >= 11 is 1.33. The molecular formula is C14H17N3O3S. The molecule has 2 N–H and O–H groups in total. The monoisotopic (exact) mass is 307 g/mol. The van der Waals surface area contributed by atoms with Gasteiger partial charge in [-0.25, -0.2) is 4.98 Å². The average molecular weight is 307 g/mol. The number of nitrogen functional groups attached to an aromatic ring is 1. The van der Waals surface area contributed by atoms with Crippen molar-refractivity contribution in [2.75, 3.05) is 32.0 Å². The normalized spacial score (nSPS) is 17.1. The van der Waals surface area contributed by atoms with E-state index in [0.717, 1.165) is 0 Å². The summed E-state index contributed by atoms with van der Waals surface area (Å²) in [5, 5.41) is 0.248. The molecule has 1 aliphatic rings. The fraction of sp³-hybridized carbons (Fsp3) is 0.429. The summed E-state index contributed by atoms with van der Waals surface area (Å²) in [6, 6.07) is 5.32. The summed E-state index contributed by atoms with van der Waals surface area (Å²) in [7, 11) is 0.